The molecule has 1 amide bonds. The van der Waals surface area contributed by atoms with Gasteiger partial charge in [-0.05, 0) is 39.4 Å². The Labute approximate surface area is 124 Å². The van der Waals surface area contributed by atoms with Gasteiger partial charge in [-0.1, -0.05) is 0 Å². The number of nitrogens with zero attached hydrogens (tertiary/aromatic N) is 3. The molecule has 0 atom stereocenters. The third-order valence-electron chi connectivity index (χ3n) is 3.65. The predicted octanol–water partition coefficient (Wildman–Crippen LogP) is 1.06. The van der Waals surface area contributed by atoms with Crippen molar-refractivity contribution in [3.63, 3.8) is 0 Å². The molecule has 5 nitrogen and oxygen atoms in total. The van der Waals surface area contributed by atoms with E-state index in [-0.39, 0.29) is 5.91 Å². The Balaban J connectivity index is 1.87. The molecular formula is C14H24N4OS. The number of carbonyl (C=O) groups is 1. The summed E-state index contributed by atoms with van der Waals surface area (Å²) in [5.74, 6) is 0.783. The topological polar surface area (TPSA) is 62.5 Å². The first-order valence-corrected chi connectivity index (χ1v) is 8.06. The van der Waals surface area contributed by atoms with E-state index in [2.05, 4.69) is 24.0 Å². The number of aromatic nitrogens is 1. The molecule has 112 valence electrons. The van der Waals surface area contributed by atoms with Gasteiger partial charge in [0.2, 0.25) is 0 Å². The molecule has 0 aliphatic carbocycles. The maximum Gasteiger partial charge on any atom is 0.273 e. The summed E-state index contributed by atoms with van der Waals surface area (Å²) in [5, 5.41) is 2.82. The van der Waals surface area contributed by atoms with E-state index in [1.165, 1.54) is 11.3 Å². The minimum Gasteiger partial charge on any atom is -0.337 e. The van der Waals surface area contributed by atoms with Gasteiger partial charge in [0.25, 0.3) is 5.91 Å². The first kappa shape index (κ1) is 15.4. The molecule has 0 radical (unpaired) electrons. The van der Waals surface area contributed by atoms with Crippen molar-refractivity contribution < 1.29 is 4.79 Å². The molecule has 6 heteroatoms. The molecule has 0 unspecified atom stereocenters. The van der Waals surface area contributed by atoms with Gasteiger partial charge >= 0.3 is 0 Å². The molecule has 1 aromatic heterocycles. The van der Waals surface area contributed by atoms with Crippen LogP contribution in [0.3, 0.4) is 0 Å². The van der Waals surface area contributed by atoms with Crippen LogP contribution in [0.25, 0.3) is 0 Å². The zero-order valence-electron chi connectivity index (χ0n) is 12.3. The Hall–Kier alpha value is -0.980. The van der Waals surface area contributed by atoms with Crippen LogP contribution in [-0.2, 0) is 6.42 Å². The van der Waals surface area contributed by atoms with Crippen molar-refractivity contribution in [2.45, 2.75) is 19.3 Å². The fourth-order valence-electron chi connectivity index (χ4n) is 2.64. The summed E-state index contributed by atoms with van der Waals surface area (Å²) in [6.07, 6.45) is 2.93. The lowest BCUT2D eigenvalue weighted by atomic mass is 9.96. The number of amides is 1. The van der Waals surface area contributed by atoms with Gasteiger partial charge in [0, 0.05) is 31.4 Å². The van der Waals surface area contributed by atoms with Gasteiger partial charge in [0.15, 0.2) is 0 Å². The highest BCUT2D eigenvalue weighted by molar-refractivity contribution is 7.09. The fourth-order valence-corrected chi connectivity index (χ4v) is 3.43. The van der Waals surface area contributed by atoms with Crippen molar-refractivity contribution >= 4 is 17.2 Å². The molecule has 0 spiro atoms. The monoisotopic (exact) mass is 296 g/mol. The zero-order valence-corrected chi connectivity index (χ0v) is 13.2. The van der Waals surface area contributed by atoms with Gasteiger partial charge in [0.05, 0.1) is 5.01 Å². The average molecular weight is 296 g/mol. The number of carbonyl (C=O) groups excluding carboxylic acids is 1. The van der Waals surface area contributed by atoms with Crippen LogP contribution < -0.4 is 5.73 Å². The van der Waals surface area contributed by atoms with Crippen molar-refractivity contribution in [1.82, 2.24) is 14.8 Å². The highest BCUT2D eigenvalue weighted by atomic mass is 32.1. The van der Waals surface area contributed by atoms with E-state index >= 15 is 0 Å². The highest BCUT2D eigenvalue weighted by Gasteiger charge is 2.25. The van der Waals surface area contributed by atoms with Crippen LogP contribution in [-0.4, -0.2) is 61.0 Å². The maximum atomic E-state index is 12.4. The van der Waals surface area contributed by atoms with Crippen LogP contribution in [0.2, 0.25) is 0 Å². The van der Waals surface area contributed by atoms with E-state index in [1.54, 1.807) is 0 Å². The number of likely N-dealkylation sites (tertiary alicyclic amines) is 1. The summed E-state index contributed by atoms with van der Waals surface area (Å²) >= 11 is 1.53. The first-order chi connectivity index (χ1) is 9.60. The predicted molar refractivity (Wildman–Crippen MR) is 82.1 cm³/mol. The second-order valence-electron chi connectivity index (χ2n) is 5.66. The molecule has 1 aliphatic heterocycles. The van der Waals surface area contributed by atoms with Crippen molar-refractivity contribution in [3.8, 4) is 0 Å². The number of hydrogen-bond acceptors (Lipinski definition) is 5. The first-order valence-electron chi connectivity index (χ1n) is 7.18. The van der Waals surface area contributed by atoms with Crippen molar-refractivity contribution in [1.29, 1.82) is 0 Å². The third kappa shape index (κ3) is 4.01. The quantitative estimate of drug-likeness (QED) is 0.882. The molecule has 1 fully saturated rings. The smallest absolute Gasteiger partial charge is 0.273 e. The van der Waals surface area contributed by atoms with E-state index in [0.717, 1.165) is 43.9 Å². The molecule has 2 heterocycles. The largest absolute Gasteiger partial charge is 0.337 e. The molecule has 2 N–H and O–H groups in total. The summed E-state index contributed by atoms with van der Waals surface area (Å²) in [6, 6.07) is 0. The van der Waals surface area contributed by atoms with Gasteiger partial charge < -0.3 is 15.5 Å². The highest BCUT2D eigenvalue weighted by Crippen LogP contribution is 2.20. The minimum atomic E-state index is 0.0767. The molecule has 1 saturated heterocycles. The van der Waals surface area contributed by atoms with Crippen LogP contribution in [0.4, 0.5) is 0 Å². The Bertz CT molecular complexity index is 438. The van der Waals surface area contributed by atoms with Crippen LogP contribution >= 0.6 is 11.3 Å². The maximum absolute atomic E-state index is 12.4. The summed E-state index contributed by atoms with van der Waals surface area (Å²) in [6.45, 7) is 3.39. The molecule has 0 aromatic carbocycles. The molecule has 2 rings (SSSR count). The lowest BCUT2D eigenvalue weighted by molar-refractivity contribution is 0.0672. The Morgan fingerprint density at radius 3 is 2.80 bits per heavy atom. The van der Waals surface area contributed by atoms with Crippen LogP contribution in [0.1, 0.15) is 28.3 Å². The minimum absolute atomic E-state index is 0.0767. The zero-order chi connectivity index (χ0) is 14.5. The fraction of sp³-hybridized carbons (Fsp3) is 0.714. The molecule has 0 bridgehead atoms. The van der Waals surface area contributed by atoms with Gasteiger partial charge in [-0.15, -0.1) is 11.3 Å². The lowest BCUT2D eigenvalue weighted by Crippen LogP contribution is -2.40. The van der Waals surface area contributed by atoms with Gasteiger partial charge in [-0.2, -0.15) is 0 Å². The molecular weight excluding hydrogens is 272 g/mol. The van der Waals surface area contributed by atoms with E-state index in [4.69, 9.17) is 5.73 Å². The number of rotatable bonds is 5. The summed E-state index contributed by atoms with van der Waals surface area (Å²) in [4.78, 5) is 20.9. The Morgan fingerprint density at radius 1 is 1.50 bits per heavy atom. The summed E-state index contributed by atoms with van der Waals surface area (Å²) in [7, 11) is 4.21. The lowest BCUT2D eigenvalue weighted by Gasteiger charge is -2.32. The van der Waals surface area contributed by atoms with Crippen molar-refractivity contribution in [3.05, 3.63) is 16.1 Å². The Kier molecular flexibility index (Phi) is 5.51. The van der Waals surface area contributed by atoms with Gasteiger partial charge in [-0.25, -0.2) is 4.98 Å². The standard InChI is InChI=1S/C14H24N4OS/c1-17(2)9-11-4-7-18(8-5-11)14(19)12-10-20-13(16-12)3-6-15/h10-11H,3-9,15H2,1-2H3. The number of hydrogen-bond donors (Lipinski definition) is 1. The van der Waals surface area contributed by atoms with Gasteiger partial charge in [-0.3, -0.25) is 4.79 Å². The third-order valence-corrected chi connectivity index (χ3v) is 4.56. The van der Waals surface area contributed by atoms with Crippen LogP contribution in [0.15, 0.2) is 5.38 Å². The number of nitrogens with two attached hydrogens (primary N) is 1. The van der Waals surface area contributed by atoms with E-state index in [0.29, 0.717) is 18.2 Å². The number of thiazole rings is 1. The van der Waals surface area contributed by atoms with Crippen molar-refractivity contribution in [2.75, 3.05) is 40.3 Å². The molecule has 1 aliphatic rings. The van der Waals surface area contributed by atoms with E-state index < -0.39 is 0 Å². The van der Waals surface area contributed by atoms with E-state index in [9.17, 15) is 4.79 Å². The van der Waals surface area contributed by atoms with Crippen LogP contribution in [0.5, 0.6) is 0 Å². The van der Waals surface area contributed by atoms with E-state index in [1.807, 2.05) is 10.3 Å². The Morgan fingerprint density at radius 2 is 2.20 bits per heavy atom. The van der Waals surface area contributed by atoms with Gasteiger partial charge in [0.1, 0.15) is 5.69 Å². The second-order valence-corrected chi connectivity index (χ2v) is 6.61. The van der Waals surface area contributed by atoms with Crippen molar-refractivity contribution in [2.24, 2.45) is 11.7 Å². The molecule has 0 saturated carbocycles. The normalized spacial score (nSPS) is 16.9. The second kappa shape index (κ2) is 7.15. The SMILES string of the molecule is CN(C)CC1CCN(C(=O)c2csc(CCN)n2)CC1. The molecule has 20 heavy (non-hydrogen) atoms. The number of piperidine rings is 1. The molecule has 1 aromatic rings. The average Bonchev–Trinajstić information content (AvgIpc) is 2.87. The summed E-state index contributed by atoms with van der Waals surface area (Å²) < 4.78 is 0. The van der Waals surface area contributed by atoms with Crippen LogP contribution in [0, 0.1) is 5.92 Å². The summed E-state index contributed by atoms with van der Waals surface area (Å²) in [5.41, 5.74) is 6.10.